The second kappa shape index (κ2) is 6.55. The molecule has 1 atom stereocenters. The van der Waals surface area contributed by atoms with Crippen LogP contribution in [0, 0.1) is 0 Å². The summed E-state index contributed by atoms with van der Waals surface area (Å²) in [5, 5.41) is 3.07. The Labute approximate surface area is 146 Å². The van der Waals surface area contributed by atoms with Gasteiger partial charge in [-0.1, -0.05) is 18.2 Å². The number of nitrogens with one attached hydrogen (secondary N) is 2. The SMILES string of the molecule is C[C@H](NC(=O)N(Cc1cccnc1)C1CC1)c1nc2ccccc2[nH]1. The summed E-state index contributed by atoms with van der Waals surface area (Å²) in [6.07, 6.45) is 5.68. The van der Waals surface area contributed by atoms with Gasteiger partial charge in [0.2, 0.25) is 0 Å². The van der Waals surface area contributed by atoms with Crippen LogP contribution in [0.25, 0.3) is 11.0 Å². The van der Waals surface area contributed by atoms with Crippen LogP contribution in [0.15, 0.2) is 48.8 Å². The number of aromatic amines is 1. The first-order chi connectivity index (χ1) is 12.2. The lowest BCUT2D eigenvalue weighted by molar-refractivity contribution is 0.188. The zero-order chi connectivity index (χ0) is 17.2. The van der Waals surface area contributed by atoms with E-state index in [1.807, 2.05) is 54.4 Å². The molecule has 6 nitrogen and oxygen atoms in total. The van der Waals surface area contributed by atoms with E-state index in [2.05, 4.69) is 20.3 Å². The van der Waals surface area contributed by atoms with Crippen LogP contribution in [0.3, 0.4) is 0 Å². The van der Waals surface area contributed by atoms with Crippen LogP contribution < -0.4 is 5.32 Å². The Morgan fingerprint density at radius 2 is 2.16 bits per heavy atom. The van der Waals surface area contributed by atoms with E-state index in [1.165, 1.54) is 0 Å². The lowest BCUT2D eigenvalue weighted by Crippen LogP contribution is -2.42. The third kappa shape index (κ3) is 3.47. The second-order valence-electron chi connectivity index (χ2n) is 6.53. The first-order valence-corrected chi connectivity index (χ1v) is 8.61. The Morgan fingerprint density at radius 3 is 2.88 bits per heavy atom. The number of rotatable bonds is 5. The van der Waals surface area contributed by atoms with E-state index in [-0.39, 0.29) is 12.1 Å². The molecule has 3 aromatic rings. The van der Waals surface area contributed by atoms with Crippen molar-refractivity contribution in [3.8, 4) is 0 Å². The Kier molecular flexibility index (Phi) is 4.09. The van der Waals surface area contributed by atoms with E-state index in [0.717, 1.165) is 35.3 Å². The number of carbonyl (C=O) groups is 1. The van der Waals surface area contributed by atoms with Gasteiger partial charge in [-0.25, -0.2) is 9.78 Å². The minimum Gasteiger partial charge on any atom is -0.340 e. The number of fused-ring (bicyclic) bond motifs is 1. The number of hydrogen-bond acceptors (Lipinski definition) is 3. The molecular formula is C19H21N5O. The van der Waals surface area contributed by atoms with Crippen molar-refractivity contribution in [3.63, 3.8) is 0 Å². The highest BCUT2D eigenvalue weighted by Crippen LogP contribution is 2.28. The van der Waals surface area contributed by atoms with Gasteiger partial charge in [0.25, 0.3) is 0 Å². The van der Waals surface area contributed by atoms with Crippen LogP contribution in [0.1, 0.15) is 37.2 Å². The van der Waals surface area contributed by atoms with Crippen LogP contribution in [-0.4, -0.2) is 31.9 Å². The normalized spacial score (nSPS) is 15.1. The van der Waals surface area contributed by atoms with Gasteiger partial charge in [0.1, 0.15) is 5.82 Å². The summed E-state index contributed by atoms with van der Waals surface area (Å²) in [5.41, 5.74) is 2.93. The summed E-state index contributed by atoms with van der Waals surface area (Å²) in [4.78, 5) is 26.7. The number of benzene rings is 1. The number of aromatic nitrogens is 3. The van der Waals surface area contributed by atoms with Crippen molar-refractivity contribution in [1.29, 1.82) is 0 Å². The topological polar surface area (TPSA) is 73.9 Å². The van der Waals surface area contributed by atoms with E-state index in [4.69, 9.17) is 0 Å². The van der Waals surface area contributed by atoms with Crippen molar-refractivity contribution < 1.29 is 4.79 Å². The van der Waals surface area contributed by atoms with Gasteiger partial charge in [0, 0.05) is 25.0 Å². The molecule has 2 heterocycles. The number of pyridine rings is 1. The number of hydrogen-bond donors (Lipinski definition) is 2. The van der Waals surface area contributed by atoms with E-state index in [0.29, 0.717) is 12.6 Å². The molecule has 1 aliphatic carbocycles. The molecule has 1 saturated carbocycles. The van der Waals surface area contributed by atoms with Crippen LogP contribution in [-0.2, 0) is 6.54 Å². The predicted octanol–water partition coefficient (Wildman–Crippen LogP) is 3.39. The molecule has 1 aliphatic rings. The molecule has 2 aromatic heterocycles. The average Bonchev–Trinajstić information content (AvgIpc) is 3.37. The van der Waals surface area contributed by atoms with Crippen molar-refractivity contribution in [2.24, 2.45) is 0 Å². The zero-order valence-corrected chi connectivity index (χ0v) is 14.1. The molecule has 0 aliphatic heterocycles. The van der Waals surface area contributed by atoms with Crippen molar-refractivity contribution >= 4 is 17.1 Å². The maximum absolute atomic E-state index is 12.8. The molecule has 0 radical (unpaired) electrons. The smallest absolute Gasteiger partial charge is 0.318 e. The molecule has 2 amide bonds. The fourth-order valence-electron chi connectivity index (χ4n) is 2.96. The number of para-hydroxylation sites is 2. The summed E-state index contributed by atoms with van der Waals surface area (Å²) in [7, 11) is 0. The zero-order valence-electron chi connectivity index (χ0n) is 14.1. The molecule has 4 rings (SSSR count). The molecule has 25 heavy (non-hydrogen) atoms. The molecule has 128 valence electrons. The predicted molar refractivity (Wildman–Crippen MR) is 95.8 cm³/mol. The van der Waals surface area contributed by atoms with Crippen molar-refractivity contribution in [2.45, 2.75) is 38.4 Å². The fourth-order valence-corrected chi connectivity index (χ4v) is 2.96. The standard InChI is InChI=1S/C19H21N5O/c1-13(18-22-16-6-2-3-7-17(16)23-18)21-19(25)24(15-8-9-15)12-14-5-4-10-20-11-14/h2-7,10-11,13,15H,8-9,12H2,1H3,(H,21,25)(H,22,23)/t13-/m0/s1. The number of imidazole rings is 1. The summed E-state index contributed by atoms with van der Waals surface area (Å²) >= 11 is 0. The molecule has 0 unspecified atom stereocenters. The summed E-state index contributed by atoms with van der Waals surface area (Å²) < 4.78 is 0. The van der Waals surface area contributed by atoms with Gasteiger partial charge in [0.05, 0.1) is 17.1 Å². The quantitative estimate of drug-likeness (QED) is 0.750. The monoisotopic (exact) mass is 335 g/mol. The second-order valence-corrected chi connectivity index (χ2v) is 6.53. The van der Waals surface area contributed by atoms with Gasteiger partial charge in [-0.2, -0.15) is 0 Å². The fraction of sp³-hybridized carbons (Fsp3) is 0.316. The molecule has 0 saturated heterocycles. The highest BCUT2D eigenvalue weighted by atomic mass is 16.2. The molecule has 2 N–H and O–H groups in total. The maximum Gasteiger partial charge on any atom is 0.318 e. The van der Waals surface area contributed by atoms with Gasteiger partial charge in [-0.05, 0) is 43.5 Å². The molecule has 0 spiro atoms. The largest absolute Gasteiger partial charge is 0.340 e. The Balaban J connectivity index is 1.47. The highest BCUT2D eigenvalue weighted by molar-refractivity contribution is 5.77. The first-order valence-electron chi connectivity index (χ1n) is 8.61. The van der Waals surface area contributed by atoms with Crippen LogP contribution in [0.5, 0.6) is 0 Å². The molecule has 1 aromatic carbocycles. The van der Waals surface area contributed by atoms with E-state index < -0.39 is 0 Å². The van der Waals surface area contributed by atoms with E-state index >= 15 is 0 Å². The van der Waals surface area contributed by atoms with Gasteiger partial charge in [-0.15, -0.1) is 0 Å². The Bertz CT molecular complexity index is 839. The Hall–Kier alpha value is -2.89. The van der Waals surface area contributed by atoms with Gasteiger partial charge < -0.3 is 15.2 Å². The summed E-state index contributed by atoms with van der Waals surface area (Å²) in [5.74, 6) is 0.770. The minimum atomic E-state index is -0.185. The van der Waals surface area contributed by atoms with Gasteiger partial charge in [-0.3, -0.25) is 4.98 Å². The molecule has 6 heteroatoms. The number of H-pyrrole nitrogens is 1. The van der Waals surface area contributed by atoms with Gasteiger partial charge in [0.15, 0.2) is 0 Å². The van der Waals surface area contributed by atoms with Crippen molar-refractivity contribution in [1.82, 2.24) is 25.2 Å². The van der Waals surface area contributed by atoms with Crippen molar-refractivity contribution in [3.05, 3.63) is 60.2 Å². The molecule has 1 fully saturated rings. The third-order valence-electron chi connectivity index (χ3n) is 4.48. The Morgan fingerprint density at radius 1 is 1.32 bits per heavy atom. The first kappa shape index (κ1) is 15.6. The maximum atomic E-state index is 12.8. The van der Waals surface area contributed by atoms with Crippen LogP contribution in [0.2, 0.25) is 0 Å². The highest BCUT2D eigenvalue weighted by Gasteiger charge is 2.33. The third-order valence-corrected chi connectivity index (χ3v) is 4.48. The lowest BCUT2D eigenvalue weighted by atomic mass is 10.2. The number of urea groups is 1. The summed E-state index contributed by atoms with van der Waals surface area (Å²) in [6.45, 7) is 2.53. The lowest BCUT2D eigenvalue weighted by Gasteiger charge is -2.24. The minimum absolute atomic E-state index is 0.0562. The number of amides is 2. The summed E-state index contributed by atoms with van der Waals surface area (Å²) in [6, 6.07) is 11.8. The van der Waals surface area contributed by atoms with Gasteiger partial charge >= 0.3 is 6.03 Å². The van der Waals surface area contributed by atoms with Crippen molar-refractivity contribution in [2.75, 3.05) is 0 Å². The molecular weight excluding hydrogens is 314 g/mol. The number of carbonyl (C=O) groups excluding carboxylic acids is 1. The van der Waals surface area contributed by atoms with Crippen LogP contribution in [0.4, 0.5) is 4.79 Å². The average molecular weight is 335 g/mol. The number of nitrogens with zero attached hydrogens (tertiary/aromatic N) is 3. The van der Waals surface area contributed by atoms with E-state index in [1.54, 1.807) is 6.20 Å². The van der Waals surface area contributed by atoms with Crippen LogP contribution >= 0.6 is 0 Å². The molecule has 0 bridgehead atoms. The van der Waals surface area contributed by atoms with E-state index in [9.17, 15) is 4.79 Å².